The predicted molar refractivity (Wildman–Crippen MR) is 93.1 cm³/mol. The third-order valence-electron chi connectivity index (χ3n) is 4.59. The van der Waals surface area contributed by atoms with Crippen LogP contribution in [0.25, 0.3) is 0 Å². The maximum Gasteiger partial charge on any atom is 0.119 e. The van der Waals surface area contributed by atoms with Gasteiger partial charge in [0, 0.05) is 13.2 Å². The number of aromatic nitrogens is 3. The second-order valence-electron chi connectivity index (χ2n) is 6.68. The molecule has 3 rings (SSSR count). The number of aryl methyl sites for hydroxylation is 3. The Kier molecular flexibility index (Phi) is 5.86. The molecule has 0 bridgehead atoms. The molecule has 1 aliphatic rings. The van der Waals surface area contributed by atoms with Crippen LogP contribution in [0.4, 0.5) is 0 Å². The van der Waals surface area contributed by atoms with Crippen molar-refractivity contribution in [1.29, 1.82) is 0 Å². The van der Waals surface area contributed by atoms with E-state index in [-0.39, 0.29) is 6.61 Å². The van der Waals surface area contributed by atoms with Crippen molar-refractivity contribution in [3.05, 3.63) is 41.2 Å². The monoisotopic (exact) mass is 329 g/mol. The highest BCUT2D eigenvalue weighted by Crippen LogP contribution is 2.29. The molecule has 1 saturated carbocycles. The minimum absolute atomic E-state index is 0.242. The molecule has 1 N–H and O–H groups in total. The van der Waals surface area contributed by atoms with Gasteiger partial charge in [-0.3, -0.25) is 0 Å². The first-order valence-electron chi connectivity index (χ1n) is 8.98. The second kappa shape index (κ2) is 8.29. The average Bonchev–Trinajstić information content (AvgIpc) is 3.37. The van der Waals surface area contributed by atoms with Gasteiger partial charge in [-0.15, -0.1) is 5.10 Å². The zero-order chi connectivity index (χ0) is 16.8. The predicted octanol–water partition coefficient (Wildman–Crippen LogP) is 2.93. The molecule has 130 valence electrons. The lowest BCUT2D eigenvalue weighted by atomic mass is 10.1. The van der Waals surface area contributed by atoms with Crippen molar-refractivity contribution in [3.63, 3.8) is 0 Å². The molecule has 24 heavy (non-hydrogen) atoms. The molecule has 1 aliphatic carbocycles. The minimum atomic E-state index is 0.242. The number of hydrogen-bond acceptors (Lipinski definition) is 4. The summed E-state index contributed by atoms with van der Waals surface area (Å²) in [5.74, 6) is 1.75. The molecule has 0 saturated heterocycles. The van der Waals surface area contributed by atoms with Crippen LogP contribution < -0.4 is 4.74 Å². The normalized spacial score (nSPS) is 14.1. The fourth-order valence-electron chi connectivity index (χ4n) is 2.77. The fraction of sp³-hybridized carbons (Fsp3) is 0.579. The largest absolute Gasteiger partial charge is 0.493 e. The number of rotatable bonds is 10. The molecule has 0 radical (unpaired) electrons. The van der Waals surface area contributed by atoms with Crippen LogP contribution in [0, 0.1) is 12.8 Å². The van der Waals surface area contributed by atoms with E-state index in [1.807, 2.05) is 10.7 Å². The number of aliphatic hydroxyl groups is 1. The van der Waals surface area contributed by atoms with E-state index in [0.29, 0.717) is 0 Å². The third-order valence-corrected chi connectivity index (χ3v) is 4.59. The van der Waals surface area contributed by atoms with Gasteiger partial charge in [0.05, 0.1) is 18.0 Å². The van der Waals surface area contributed by atoms with E-state index < -0.39 is 0 Å². The summed E-state index contributed by atoms with van der Waals surface area (Å²) in [6, 6.07) is 8.37. The highest BCUT2D eigenvalue weighted by Gasteiger charge is 2.21. The molecule has 1 fully saturated rings. The zero-order valence-electron chi connectivity index (χ0n) is 14.4. The maximum absolute atomic E-state index is 8.87. The summed E-state index contributed by atoms with van der Waals surface area (Å²) in [6.07, 6.45) is 6.20. The number of ether oxygens (including phenoxy) is 1. The molecule has 2 aromatic rings. The van der Waals surface area contributed by atoms with Gasteiger partial charge in [0.15, 0.2) is 0 Å². The Morgan fingerprint density at radius 2 is 2.12 bits per heavy atom. The smallest absolute Gasteiger partial charge is 0.119 e. The minimum Gasteiger partial charge on any atom is -0.493 e. The van der Waals surface area contributed by atoms with Crippen LogP contribution in [-0.4, -0.2) is 33.3 Å². The van der Waals surface area contributed by atoms with Crippen LogP contribution in [0.2, 0.25) is 0 Å². The fourth-order valence-corrected chi connectivity index (χ4v) is 2.77. The Morgan fingerprint density at radius 3 is 2.92 bits per heavy atom. The number of unbranched alkanes of at least 4 members (excludes halogenated alkanes) is 1. The van der Waals surface area contributed by atoms with Gasteiger partial charge in [0.1, 0.15) is 5.75 Å². The second-order valence-corrected chi connectivity index (χ2v) is 6.68. The van der Waals surface area contributed by atoms with Gasteiger partial charge in [-0.25, -0.2) is 4.68 Å². The molecule has 0 amide bonds. The van der Waals surface area contributed by atoms with E-state index in [2.05, 4.69) is 35.4 Å². The molecule has 1 aromatic heterocycles. The first kappa shape index (κ1) is 17.0. The summed E-state index contributed by atoms with van der Waals surface area (Å²) in [7, 11) is 0. The summed E-state index contributed by atoms with van der Waals surface area (Å²) in [4.78, 5) is 0. The highest BCUT2D eigenvalue weighted by atomic mass is 16.5. The average molecular weight is 329 g/mol. The summed E-state index contributed by atoms with van der Waals surface area (Å²) < 4.78 is 7.83. The highest BCUT2D eigenvalue weighted by molar-refractivity contribution is 5.28. The quantitative estimate of drug-likeness (QED) is 0.681. The van der Waals surface area contributed by atoms with Crippen molar-refractivity contribution in [2.24, 2.45) is 5.92 Å². The van der Waals surface area contributed by atoms with Crippen molar-refractivity contribution < 1.29 is 9.84 Å². The summed E-state index contributed by atoms with van der Waals surface area (Å²) in [5, 5.41) is 17.4. The van der Waals surface area contributed by atoms with Gasteiger partial charge in [-0.1, -0.05) is 17.3 Å². The lowest BCUT2D eigenvalue weighted by molar-refractivity contribution is 0.284. The Hall–Kier alpha value is -1.88. The van der Waals surface area contributed by atoms with Crippen LogP contribution in [-0.2, 0) is 19.4 Å². The van der Waals surface area contributed by atoms with E-state index in [1.165, 1.54) is 18.4 Å². The molecule has 5 heteroatoms. The van der Waals surface area contributed by atoms with E-state index in [4.69, 9.17) is 9.84 Å². The maximum atomic E-state index is 8.87. The Labute approximate surface area is 143 Å². The lowest BCUT2D eigenvalue weighted by Crippen LogP contribution is -2.06. The van der Waals surface area contributed by atoms with Crippen LogP contribution in [0.15, 0.2) is 24.3 Å². The number of hydrogen-bond donors (Lipinski definition) is 1. The van der Waals surface area contributed by atoms with E-state index in [0.717, 1.165) is 61.9 Å². The molecular weight excluding hydrogens is 302 g/mol. The topological polar surface area (TPSA) is 60.2 Å². The third kappa shape index (κ3) is 4.81. The van der Waals surface area contributed by atoms with Crippen molar-refractivity contribution in [1.82, 2.24) is 15.0 Å². The molecule has 5 nitrogen and oxygen atoms in total. The van der Waals surface area contributed by atoms with Gasteiger partial charge < -0.3 is 9.84 Å². The first-order valence-corrected chi connectivity index (χ1v) is 8.98. The van der Waals surface area contributed by atoms with Crippen LogP contribution in [0.5, 0.6) is 5.75 Å². The molecule has 0 spiro atoms. The van der Waals surface area contributed by atoms with Gasteiger partial charge in [-0.05, 0) is 69.1 Å². The molecule has 1 heterocycles. The van der Waals surface area contributed by atoms with E-state index >= 15 is 0 Å². The zero-order valence-corrected chi connectivity index (χ0v) is 14.4. The summed E-state index contributed by atoms with van der Waals surface area (Å²) in [5.41, 5.74) is 3.44. The molecular formula is C19H27N3O2. The summed E-state index contributed by atoms with van der Waals surface area (Å²) in [6.45, 7) is 3.99. The standard InChI is InChI=1S/C19H27N3O2/c1-15-19(7-2-3-12-23)20-21-22(15)11-10-16-5-4-6-18(13-16)24-14-17-8-9-17/h4-6,13,17,23H,2-3,7-12,14H2,1H3. The van der Waals surface area contributed by atoms with Crippen molar-refractivity contribution >= 4 is 0 Å². The van der Waals surface area contributed by atoms with Crippen LogP contribution >= 0.6 is 0 Å². The molecule has 1 aromatic carbocycles. The Bertz CT molecular complexity index is 650. The number of benzene rings is 1. The SMILES string of the molecule is Cc1c(CCCCO)nnn1CCc1cccc(OCC2CC2)c1. The van der Waals surface area contributed by atoms with Gasteiger partial charge >= 0.3 is 0 Å². The Balaban J connectivity index is 1.52. The van der Waals surface area contributed by atoms with E-state index in [9.17, 15) is 0 Å². The van der Waals surface area contributed by atoms with Gasteiger partial charge in [-0.2, -0.15) is 0 Å². The van der Waals surface area contributed by atoms with Crippen molar-refractivity contribution in [2.75, 3.05) is 13.2 Å². The van der Waals surface area contributed by atoms with Gasteiger partial charge in [0.25, 0.3) is 0 Å². The summed E-state index contributed by atoms with van der Waals surface area (Å²) >= 11 is 0. The van der Waals surface area contributed by atoms with Crippen molar-refractivity contribution in [3.8, 4) is 5.75 Å². The Morgan fingerprint density at radius 1 is 1.25 bits per heavy atom. The van der Waals surface area contributed by atoms with E-state index in [1.54, 1.807) is 0 Å². The molecule has 0 aliphatic heterocycles. The lowest BCUT2D eigenvalue weighted by Gasteiger charge is -2.08. The number of nitrogens with zero attached hydrogens (tertiary/aromatic N) is 3. The van der Waals surface area contributed by atoms with Gasteiger partial charge in [0.2, 0.25) is 0 Å². The number of aliphatic hydroxyl groups excluding tert-OH is 1. The van der Waals surface area contributed by atoms with Crippen LogP contribution in [0.1, 0.15) is 42.6 Å². The van der Waals surface area contributed by atoms with Crippen molar-refractivity contribution in [2.45, 2.75) is 52.0 Å². The van der Waals surface area contributed by atoms with Crippen LogP contribution in [0.3, 0.4) is 0 Å². The molecule has 0 unspecified atom stereocenters. The first-order chi connectivity index (χ1) is 11.8. The molecule has 0 atom stereocenters.